The first-order chi connectivity index (χ1) is 13.0. The van der Waals surface area contributed by atoms with Crippen molar-refractivity contribution in [2.24, 2.45) is 4.99 Å². The maximum atomic E-state index is 12.6. The number of carbonyl (C=O) groups is 2. The number of aliphatic imine (C=N–C) groups is 1. The summed E-state index contributed by atoms with van der Waals surface area (Å²) < 4.78 is 6.46. The lowest BCUT2D eigenvalue weighted by atomic mass is 10.2. The average Bonchev–Trinajstić information content (AvgIpc) is 3.23. The summed E-state index contributed by atoms with van der Waals surface area (Å²) in [6.07, 6.45) is 0. The van der Waals surface area contributed by atoms with Gasteiger partial charge in [0.2, 0.25) is 5.91 Å². The second kappa shape index (κ2) is 8.34. The van der Waals surface area contributed by atoms with E-state index in [0.717, 1.165) is 5.56 Å². The molecule has 142 valence electrons. The Labute approximate surface area is 161 Å². The van der Waals surface area contributed by atoms with Gasteiger partial charge in [-0.3, -0.25) is 9.79 Å². The van der Waals surface area contributed by atoms with E-state index >= 15 is 0 Å². The third-order valence-corrected chi connectivity index (χ3v) is 5.45. The van der Waals surface area contributed by atoms with Crippen molar-refractivity contribution in [3.8, 4) is 0 Å². The van der Waals surface area contributed by atoms with Gasteiger partial charge < -0.3 is 10.1 Å². The molecule has 2 heterocycles. The number of amides is 1. The second-order valence-electron chi connectivity index (χ2n) is 6.05. The van der Waals surface area contributed by atoms with Crippen LogP contribution in [0.15, 0.2) is 35.3 Å². The van der Waals surface area contributed by atoms with Crippen molar-refractivity contribution >= 4 is 28.8 Å². The fourth-order valence-corrected chi connectivity index (χ4v) is 3.82. The van der Waals surface area contributed by atoms with Gasteiger partial charge in [-0.25, -0.2) is 4.79 Å². The summed E-state index contributed by atoms with van der Waals surface area (Å²) in [4.78, 5) is 29.0. The van der Waals surface area contributed by atoms with Crippen molar-refractivity contribution in [1.29, 1.82) is 0 Å². The number of aromatic nitrogens is 3. The Morgan fingerprint density at radius 1 is 1.30 bits per heavy atom. The van der Waals surface area contributed by atoms with Crippen LogP contribution in [0.25, 0.3) is 0 Å². The lowest BCUT2D eigenvalue weighted by Gasteiger charge is -2.13. The molecule has 1 N–H and O–H groups in total. The highest BCUT2D eigenvalue weighted by Gasteiger charge is 2.35. The van der Waals surface area contributed by atoms with E-state index in [-0.39, 0.29) is 29.5 Å². The lowest BCUT2D eigenvalue weighted by Crippen LogP contribution is -2.36. The summed E-state index contributed by atoms with van der Waals surface area (Å²) in [6, 6.07) is 9.52. The fraction of sp³-hybridized carbons (Fsp3) is 0.389. The summed E-state index contributed by atoms with van der Waals surface area (Å²) in [5.74, 6) is -0.603. The monoisotopic (exact) mass is 387 g/mol. The molecule has 0 fully saturated rings. The van der Waals surface area contributed by atoms with Gasteiger partial charge in [-0.2, -0.15) is 4.68 Å². The van der Waals surface area contributed by atoms with Gasteiger partial charge in [0, 0.05) is 6.54 Å². The highest BCUT2D eigenvalue weighted by molar-refractivity contribution is 8.15. The molecule has 0 aliphatic carbocycles. The maximum Gasteiger partial charge on any atom is 0.360 e. The van der Waals surface area contributed by atoms with Crippen LogP contribution in [-0.2, 0) is 16.1 Å². The molecule has 0 spiro atoms. The molecule has 0 bridgehead atoms. The number of carbonyl (C=O) groups excluding carboxylic acids is 2. The van der Waals surface area contributed by atoms with Crippen molar-refractivity contribution in [1.82, 2.24) is 20.3 Å². The minimum Gasteiger partial charge on any atom is -0.461 e. The van der Waals surface area contributed by atoms with Crippen molar-refractivity contribution < 1.29 is 14.3 Å². The Hall–Kier alpha value is -2.68. The first-order valence-corrected chi connectivity index (χ1v) is 9.55. The van der Waals surface area contributed by atoms with E-state index in [9.17, 15) is 9.59 Å². The SMILES string of the molecule is CCOC(=O)c1nnn(C2=NC(C)C(C(=O)NCc3ccccc3)S2)c1C. The summed E-state index contributed by atoms with van der Waals surface area (Å²) in [6.45, 7) is 6.07. The molecule has 9 heteroatoms. The molecule has 2 atom stereocenters. The van der Waals surface area contributed by atoms with E-state index in [4.69, 9.17) is 4.74 Å². The van der Waals surface area contributed by atoms with Crippen molar-refractivity contribution in [2.75, 3.05) is 6.61 Å². The number of esters is 1. The Kier molecular flexibility index (Phi) is 5.90. The first kappa shape index (κ1) is 19.1. The van der Waals surface area contributed by atoms with Crippen LogP contribution in [0.4, 0.5) is 0 Å². The Bertz CT molecular complexity index is 865. The number of benzene rings is 1. The zero-order chi connectivity index (χ0) is 19.4. The number of rotatable bonds is 5. The van der Waals surface area contributed by atoms with Gasteiger partial charge in [0.05, 0.1) is 18.3 Å². The predicted molar refractivity (Wildman–Crippen MR) is 103 cm³/mol. The van der Waals surface area contributed by atoms with Crippen molar-refractivity contribution in [2.45, 2.75) is 38.6 Å². The zero-order valence-corrected chi connectivity index (χ0v) is 16.2. The minimum absolute atomic E-state index is 0.0847. The minimum atomic E-state index is -0.518. The molecule has 27 heavy (non-hydrogen) atoms. The van der Waals surface area contributed by atoms with Crippen LogP contribution in [-0.4, -0.2) is 49.9 Å². The molecule has 1 aliphatic rings. The van der Waals surface area contributed by atoms with E-state index in [0.29, 0.717) is 17.4 Å². The molecular weight excluding hydrogens is 366 g/mol. The molecule has 0 saturated heterocycles. The number of hydrogen-bond donors (Lipinski definition) is 1. The topological polar surface area (TPSA) is 98.5 Å². The molecule has 1 amide bonds. The summed E-state index contributed by atoms with van der Waals surface area (Å²) in [5.41, 5.74) is 1.73. The molecular formula is C18H21N5O3S. The number of ether oxygens (including phenoxy) is 1. The molecule has 1 aromatic heterocycles. The second-order valence-corrected chi connectivity index (χ2v) is 7.16. The highest BCUT2D eigenvalue weighted by Crippen LogP contribution is 2.28. The quantitative estimate of drug-likeness (QED) is 0.786. The standard InChI is InChI=1S/C18H21N5O3S/c1-4-26-17(25)14-12(3)23(22-21-14)18-20-11(2)15(27-18)16(24)19-10-13-8-6-5-7-9-13/h5-9,11,15H,4,10H2,1-3H3,(H,19,24). The smallest absolute Gasteiger partial charge is 0.360 e. The van der Waals surface area contributed by atoms with Crippen LogP contribution in [0.1, 0.15) is 35.6 Å². The fourth-order valence-electron chi connectivity index (χ4n) is 2.65. The summed E-state index contributed by atoms with van der Waals surface area (Å²) in [5, 5.41) is 11.0. The molecule has 2 unspecified atom stereocenters. The number of hydrogen-bond acceptors (Lipinski definition) is 7. The van der Waals surface area contributed by atoms with E-state index in [1.165, 1.54) is 16.4 Å². The maximum absolute atomic E-state index is 12.6. The molecule has 2 aromatic rings. The molecule has 1 aliphatic heterocycles. The van der Waals surface area contributed by atoms with Gasteiger partial charge >= 0.3 is 5.97 Å². The van der Waals surface area contributed by atoms with E-state index in [1.54, 1.807) is 13.8 Å². The van der Waals surface area contributed by atoms with E-state index < -0.39 is 5.97 Å². The van der Waals surface area contributed by atoms with Gasteiger partial charge in [0.1, 0.15) is 5.25 Å². The summed E-state index contributed by atoms with van der Waals surface area (Å²) >= 11 is 1.31. The van der Waals surface area contributed by atoms with Crippen LogP contribution in [0.2, 0.25) is 0 Å². The third-order valence-electron chi connectivity index (χ3n) is 4.10. The summed E-state index contributed by atoms with van der Waals surface area (Å²) in [7, 11) is 0. The van der Waals surface area contributed by atoms with Gasteiger partial charge in [0.15, 0.2) is 10.9 Å². The van der Waals surface area contributed by atoms with Crippen LogP contribution >= 0.6 is 11.8 Å². The van der Waals surface area contributed by atoms with Gasteiger partial charge in [-0.05, 0) is 26.3 Å². The zero-order valence-electron chi connectivity index (χ0n) is 15.4. The first-order valence-electron chi connectivity index (χ1n) is 8.67. The number of nitrogens with one attached hydrogen (secondary N) is 1. The molecule has 0 radical (unpaired) electrons. The van der Waals surface area contributed by atoms with Crippen LogP contribution in [0.3, 0.4) is 0 Å². The van der Waals surface area contributed by atoms with Gasteiger partial charge in [-0.1, -0.05) is 47.3 Å². The van der Waals surface area contributed by atoms with Crippen LogP contribution < -0.4 is 5.32 Å². The number of nitrogens with zero attached hydrogens (tertiary/aromatic N) is 4. The Balaban J connectivity index is 1.66. The van der Waals surface area contributed by atoms with Crippen molar-refractivity contribution in [3.63, 3.8) is 0 Å². The molecule has 0 saturated carbocycles. The molecule has 1 aromatic carbocycles. The molecule has 3 rings (SSSR count). The third kappa shape index (κ3) is 4.19. The van der Waals surface area contributed by atoms with E-state index in [2.05, 4.69) is 20.6 Å². The average molecular weight is 387 g/mol. The predicted octanol–water partition coefficient (Wildman–Crippen LogP) is 1.79. The lowest BCUT2D eigenvalue weighted by molar-refractivity contribution is -0.120. The Morgan fingerprint density at radius 2 is 2.04 bits per heavy atom. The van der Waals surface area contributed by atoms with Crippen molar-refractivity contribution in [3.05, 3.63) is 47.3 Å². The van der Waals surface area contributed by atoms with Gasteiger partial charge in [0.25, 0.3) is 0 Å². The molecule has 8 nitrogen and oxygen atoms in total. The van der Waals surface area contributed by atoms with Gasteiger partial charge in [-0.15, -0.1) is 5.10 Å². The van der Waals surface area contributed by atoms with E-state index in [1.807, 2.05) is 37.3 Å². The van der Waals surface area contributed by atoms with Crippen LogP contribution in [0.5, 0.6) is 0 Å². The van der Waals surface area contributed by atoms with Crippen LogP contribution in [0, 0.1) is 6.92 Å². The largest absolute Gasteiger partial charge is 0.461 e. The normalized spacial score (nSPS) is 18.9. The highest BCUT2D eigenvalue weighted by atomic mass is 32.2. The Morgan fingerprint density at radius 3 is 2.74 bits per heavy atom. The number of thioether (sulfide) groups is 1.